The van der Waals surface area contributed by atoms with Gasteiger partial charge in [-0.2, -0.15) is 5.26 Å². The lowest BCUT2D eigenvalue weighted by atomic mass is 9.98. The quantitative estimate of drug-likeness (QED) is 0.303. The molecule has 0 bridgehead atoms. The van der Waals surface area contributed by atoms with Crippen LogP contribution < -0.4 is 18.9 Å². The molecule has 2 aliphatic heterocycles. The lowest BCUT2D eigenvalue weighted by Crippen LogP contribution is -2.26. The summed E-state index contributed by atoms with van der Waals surface area (Å²) in [6.45, 7) is 1.65. The zero-order valence-electron chi connectivity index (χ0n) is 22.7. The van der Waals surface area contributed by atoms with Gasteiger partial charge in [0.15, 0.2) is 0 Å². The highest BCUT2D eigenvalue weighted by Crippen LogP contribution is 2.44. The van der Waals surface area contributed by atoms with Crippen LogP contribution in [0.3, 0.4) is 0 Å². The van der Waals surface area contributed by atoms with E-state index >= 15 is 4.39 Å². The molecule has 0 N–H and O–H groups in total. The largest absolute Gasteiger partial charge is 0.492 e. The number of halogens is 1. The molecule has 1 saturated heterocycles. The molecule has 212 valence electrons. The second-order valence-electron chi connectivity index (χ2n) is 10.4. The molecule has 3 aromatic rings. The number of benzene rings is 3. The summed E-state index contributed by atoms with van der Waals surface area (Å²) in [7, 11) is 1.37. The van der Waals surface area contributed by atoms with Gasteiger partial charge in [-0.05, 0) is 43.2 Å². The summed E-state index contributed by atoms with van der Waals surface area (Å²) in [5.74, 6) is 2.02. The van der Waals surface area contributed by atoms with Gasteiger partial charge in [0.05, 0.1) is 38.9 Å². The Labute approximate surface area is 237 Å². The van der Waals surface area contributed by atoms with Crippen molar-refractivity contribution in [2.24, 2.45) is 0 Å². The van der Waals surface area contributed by atoms with Crippen molar-refractivity contribution in [3.63, 3.8) is 0 Å². The standard InChI is InChI=1S/C32H30FNO7/c1-36-31(35)14-20-18-38-30-16-23(4-5-24(20)30)41-28-8-6-25-27(9-7-26(33)32(25)28)40-22-3-2-19(17-34)29(15-22)39-21-10-12-37-13-11-21/h2-5,7,9,15-16,20-21,28H,6,8,10-14,18H2,1H3/t20?,28-/m1/s1. The van der Waals surface area contributed by atoms with Gasteiger partial charge in [-0.25, -0.2) is 4.39 Å². The van der Waals surface area contributed by atoms with Gasteiger partial charge < -0.3 is 28.4 Å². The first kappa shape index (κ1) is 26.9. The second-order valence-corrected chi connectivity index (χ2v) is 10.4. The minimum atomic E-state index is -0.493. The van der Waals surface area contributed by atoms with E-state index < -0.39 is 6.10 Å². The van der Waals surface area contributed by atoms with E-state index in [1.54, 1.807) is 30.3 Å². The van der Waals surface area contributed by atoms with Gasteiger partial charge in [0.1, 0.15) is 52.8 Å². The van der Waals surface area contributed by atoms with Gasteiger partial charge in [-0.15, -0.1) is 0 Å². The zero-order chi connectivity index (χ0) is 28.3. The number of carbonyl (C=O) groups is 1. The van der Waals surface area contributed by atoms with Crippen LogP contribution in [0.25, 0.3) is 0 Å². The van der Waals surface area contributed by atoms with Crippen LogP contribution in [0.4, 0.5) is 4.39 Å². The van der Waals surface area contributed by atoms with E-state index in [9.17, 15) is 10.1 Å². The summed E-state index contributed by atoms with van der Waals surface area (Å²) in [5, 5.41) is 9.57. The highest BCUT2D eigenvalue weighted by Gasteiger charge is 2.32. The molecule has 0 radical (unpaired) electrons. The maximum absolute atomic E-state index is 15.1. The molecule has 1 aliphatic carbocycles. The summed E-state index contributed by atoms with van der Waals surface area (Å²) in [6, 6.07) is 15.8. The van der Waals surface area contributed by atoms with E-state index in [1.807, 2.05) is 12.1 Å². The topological polar surface area (TPSA) is 96.2 Å². The average molecular weight is 560 g/mol. The lowest BCUT2D eigenvalue weighted by molar-refractivity contribution is -0.141. The Morgan fingerprint density at radius 3 is 2.66 bits per heavy atom. The summed E-state index contributed by atoms with van der Waals surface area (Å²) in [6.07, 6.45) is 2.41. The number of esters is 1. The molecule has 41 heavy (non-hydrogen) atoms. The molecule has 2 atom stereocenters. The van der Waals surface area contributed by atoms with Crippen LogP contribution in [-0.2, 0) is 20.7 Å². The van der Waals surface area contributed by atoms with Gasteiger partial charge in [-0.1, -0.05) is 6.07 Å². The number of rotatable bonds is 8. The minimum absolute atomic E-state index is 0.0255. The summed E-state index contributed by atoms with van der Waals surface area (Å²) in [5.41, 5.74) is 2.58. The fourth-order valence-electron chi connectivity index (χ4n) is 5.66. The minimum Gasteiger partial charge on any atom is -0.492 e. The van der Waals surface area contributed by atoms with Crippen LogP contribution in [0.1, 0.15) is 60.0 Å². The van der Waals surface area contributed by atoms with Gasteiger partial charge >= 0.3 is 5.97 Å². The van der Waals surface area contributed by atoms with Crippen molar-refractivity contribution in [3.05, 3.63) is 76.6 Å². The van der Waals surface area contributed by atoms with Crippen molar-refractivity contribution < 1.29 is 37.6 Å². The molecule has 0 amide bonds. The first-order chi connectivity index (χ1) is 20.0. The Hall–Kier alpha value is -4.29. The first-order valence-electron chi connectivity index (χ1n) is 13.8. The predicted molar refractivity (Wildman–Crippen MR) is 145 cm³/mol. The van der Waals surface area contributed by atoms with Crippen LogP contribution in [0, 0.1) is 17.1 Å². The summed E-state index contributed by atoms with van der Waals surface area (Å²) in [4.78, 5) is 11.7. The molecular formula is C32H30FNO7. The van der Waals surface area contributed by atoms with Crippen molar-refractivity contribution in [3.8, 4) is 34.8 Å². The Kier molecular flexibility index (Phi) is 7.66. The monoisotopic (exact) mass is 559 g/mol. The van der Waals surface area contributed by atoms with Gasteiger partial charge in [0, 0.05) is 47.6 Å². The summed E-state index contributed by atoms with van der Waals surface area (Å²) >= 11 is 0. The normalized spacial score (nSPS) is 19.4. The van der Waals surface area contributed by atoms with Crippen LogP contribution in [-0.4, -0.2) is 39.0 Å². The van der Waals surface area contributed by atoms with Crippen LogP contribution >= 0.6 is 0 Å². The third kappa shape index (κ3) is 5.66. The number of methoxy groups -OCH3 is 1. The molecule has 9 heteroatoms. The molecule has 3 aromatic carbocycles. The lowest BCUT2D eigenvalue weighted by Gasteiger charge is -2.24. The predicted octanol–water partition coefficient (Wildman–Crippen LogP) is 6.15. The highest BCUT2D eigenvalue weighted by atomic mass is 19.1. The Morgan fingerprint density at radius 1 is 1.02 bits per heavy atom. The molecule has 0 spiro atoms. The molecule has 3 aliphatic rings. The van der Waals surface area contributed by atoms with E-state index in [0.717, 1.165) is 24.0 Å². The zero-order valence-corrected chi connectivity index (χ0v) is 22.7. The molecule has 1 unspecified atom stereocenters. The second kappa shape index (κ2) is 11.7. The smallest absolute Gasteiger partial charge is 0.306 e. The maximum Gasteiger partial charge on any atom is 0.306 e. The van der Waals surface area contributed by atoms with Crippen LogP contribution in [0.2, 0.25) is 0 Å². The first-order valence-corrected chi connectivity index (χ1v) is 13.8. The highest BCUT2D eigenvalue weighted by molar-refractivity contribution is 5.71. The Morgan fingerprint density at radius 2 is 1.85 bits per heavy atom. The van der Waals surface area contributed by atoms with Crippen molar-refractivity contribution in [1.29, 1.82) is 5.26 Å². The van der Waals surface area contributed by atoms with E-state index in [-0.39, 0.29) is 30.2 Å². The maximum atomic E-state index is 15.1. The summed E-state index contributed by atoms with van der Waals surface area (Å²) < 4.78 is 49.7. The number of hydrogen-bond acceptors (Lipinski definition) is 8. The van der Waals surface area contributed by atoms with E-state index in [1.165, 1.54) is 13.2 Å². The SMILES string of the molecule is COC(=O)CC1COc2cc(O[C@@H]3CCc4c(Oc5ccc(C#N)c(OC6CCOCC6)c5)ccc(F)c43)ccc21. The number of ether oxygens (including phenoxy) is 6. The molecule has 0 aromatic heterocycles. The van der Waals surface area contributed by atoms with E-state index in [0.29, 0.717) is 72.5 Å². The van der Waals surface area contributed by atoms with Gasteiger partial charge in [0.2, 0.25) is 0 Å². The number of nitrogens with zero attached hydrogens (tertiary/aromatic N) is 1. The van der Waals surface area contributed by atoms with E-state index in [2.05, 4.69) is 6.07 Å². The third-order valence-corrected chi connectivity index (χ3v) is 7.79. The van der Waals surface area contributed by atoms with Gasteiger partial charge in [-0.3, -0.25) is 4.79 Å². The molecule has 0 saturated carbocycles. The van der Waals surface area contributed by atoms with Gasteiger partial charge in [0.25, 0.3) is 0 Å². The number of nitriles is 1. The molecule has 2 heterocycles. The van der Waals surface area contributed by atoms with Crippen molar-refractivity contribution in [1.82, 2.24) is 0 Å². The average Bonchev–Trinajstić information content (AvgIpc) is 3.60. The van der Waals surface area contributed by atoms with E-state index in [4.69, 9.17) is 28.4 Å². The number of carbonyl (C=O) groups excluding carboxylic acids is 1. The van der Waals surface area contributed by atoms with Crippen molar-refractivity contribution >= 4 is 5.97 Å². The molecule has 6 rings (SSSR count). The van der Waals surface area contributed by atoms with Crippen molar-refractivity contribution in [2.75, 3.05) is 26.9 Å². The molecule has 1 fully saturated rings. The van der Waals surface area contributed by atoms with Crippen molar-refractivity contribution in [2.45, 2.75) is 50.2 Å². The number of hydrogen-bond donors (Lipinski definition) is 0. The number of fused-ring (bicyclic) bond motifs is 2. The fourth-order valence-corrected chi connectivity index (χ4v) is 5.66. The molecular weight excluding hydrogens is 529 g/mol. The third-order valence-electron chi connectivity index (χ3n) is 7.79. The van der Waals surface area contributed by atoms with Crippen LogP contribution in [0.15, 0.2) is 48.5 Å². The Bertz CT molecular complexity index is 1490. The molecule has 8 nitrogen and oxygen atoms in total. The van der Waals surface area contributed by atoms with Crippen LogP contribution in [0.5, 0.6) is 28.7 Å². The Balaban J connectivity index is 1.19. The fraction of sp³-hybridized carbons (Fsp3) is 0.375.